The average Bonchev–Trinajstić information content (AvgIpc) is 3.01. The summed E-state index contributed by atoms with van der Waals surface area (Å²) in [5.41, 5.74) is 1.93. The van der Waals surface area contributed by atoms with Gasteiger partial charge in [0.15, 0.2) is 0 Å². The molecule has 2 aromatic heterocycles. The number of nitrogens with one attached hydrogen (secondary N) is 1. The summed E-state index contributed by atoms with van der Waals surface area (Å²) < 4.78 is 5.98. The van der Waals surface area contributed by atoms with Crippen molar-refractivity contribution in [3.05, 3.63) is 55.9 Å². The molecule has 2 nitrogen and oxygen atoms in total. The van der Waals surface area contributed by atoms with Gasteiger partial charge in [0.2, 0.25) is 0 Å². The predicted octanol–water partition coefficient (Wildman–Crippen LogP) is 5.81. The molecule has 2 heterocycles. The van der Waals surface area contributed by atoms with Crippen molar-refractivity contribution >= 4 is 45.5 Å². The molecular formula is C16H15Cl2NOS. The highest BCUT2D eigenvalue weighted by atomic mass is 35.5. The van der Waals surface area contributed by atoms with Gasteiger partial charge in [0.05, 0.1) is 5.02 Å². The lowest BCUT2D eigenvalue weighted by Crippen LogP contribution is -2.20. The lowest BCUT2D eigenvalue weighted by molar-refractivity contribution is 0.481. The summed E-state index contributed by atoms with van der Waals surface area (Å²) in [6.07, 6.45) is 0. The molecule has 0 spiro atoms. The van der Waals surface area contributed by atoms with Gasteiger partial charge in [0.1, 0.15) is 17.4 Å². The van der Waals surface area contributed by atoms with E-state index in [1.807, 2.05) is 31.2 Å². The minimum Gasteiger partial charge on any atom is -0.459 e. The van der Waals surface area contributed by atoms with E-state index >= 15 is 0 Å². The van der Waals surface area contributed by atoms with Gasteiger partial charge in [-0.25, -0.2) is 0 Å². The Morgan fingerprint density at radius 3 is 2.76 bits per heavy atom. The van der Waals surface area contributed by atoms with Crippen LogP contribution in [0.5, 0.6) is 0 Å². The highest BCUT2D eigenvalue weighted by molar-refractivity contribution is 7.10. The summed E-state index contributed by atoms with van der Waals surface area (Å²) >= 11 is 14.1. The number of hydrogen-bond acceptors (Lipinski definition) is 3. The van der Waals surface area contributed by atoms with Gasteiger partial charge < -0.3 is 9.73 Å². The quantitative estimate of drug-likeness (QED) is 0.648. The molecule has 1 aromatic carbocycles. The molecule has 1 unspecified atom stereocenters. The first-order valence-corrected chi connectivity index (χ1v) is 8.39. The van der Waals surface area contributed by atoms with Crippen LogP contribution in [-0.2, 0) is 0 Å². The molecule has 21 heavy (non-hydrogen) atoms. The number of benzene rings is 1. The first kappa shape index (κ1) is 14.9. The SMILES string of the molecule is CCNC(c1cc2cc(Cl)ccc2o1)c1scc(C)c1Cl. The Balaban J connectivity index is 2.08. The van der Waals surface area contributed by atoms with Gasteiger partial charge in [-0.2, -0.15) is 0 Å². The van der Waals surface area contributed by atoms with Crippen molar-refractivity contribution in [3.8, 4) is 0 Å². The molecule has 3 aromatic rings. The molecule has 3 rings (SSSR count). The van der Waals surface area contributed by atoms with Gasteiger partial charge in [-0.05, 0) is 48.7 Å². The van der Waals surface area contributed by atoms with Gasteiger partial charge >= 0.3 is 0 Å². The van der Waals surface area contributed by atoms with E-state index in [9.17, 15) is 0 Å². The molecule has 0 aliphatic heterocycles. The third-order valence-corrected chi connectivity index (χ3v) is 5.39. The molecule has 0 radical (unpaired) electrons. The van der Waals surface area contributed by atoms with Crippen LogP contribution in [0, 0.1) is 6.92 Å². The summed E-state index contributed by atoms with van der Waals surface area (Å²) in [4.78, 5) is 1.08. The van der Waals surface area contributed by atoms with Crippen molar-refractivity contribution in [2.75, 3.05) is 6.54 Å². The number of fused-ring (bicyclic) bond motifs is 1. The molecule has 0 saturated carbocycles. The number of aryl methyl sites for hydroxylation is 1. The van der Waals surface area contributed by atoms with Crippen LogP contribution in [0.4, 0.5) is 0 Å². The second kappa shape index (κ2) is 6.01. The molecule has 0 fully saturated rings. The minimum absolute atomic E-state index is 0.0348. The van der Waals surface area contributed by atoms with E-state index in [1.54, 1.807) is 11.3 Å². The second-order valence-electron chi connectivity index (χ2n) is 4.92. The van der Waals surface area contributed by atoms with Crippen molar-refractivity contribution in [3.63, 3.8) is 0 Å². The maximum atomic E-state index is 6.42. The van der Waals surface area contributed by atoms with E-state index in [2.05, 4.69) is 17.6 Å². The zero-order valence-corrected chi connectivity index (χ0v) is 14.1. The summed E-state index contributed by atoms with van der Waals surface area (Å²) in [6.45, 7) is 4.92. The molecular weight excluding hydrogens is 325 g/mol. The largest absolute Gasteiger partial charge is 0.459 e. The third-order valence-electron chi connectivity index (χ3n) is 3.38. The van der Waals surface area contributed by atoms with Crippen molar-refractivity contribution in [2.45, 2.75) is 19.9 Å². The number of rotatable bonds is 4. The minimum atomic E-state index is -0.0348. The Kier molecular flexibility index (Phi) is 4.27. The van der Waals surface area contributed by atoms with Gasteiger partial charge in [-0.3, -0.25) is 0 Å². The predicted molar refractivity (Wildman–Crippen MR) is 90.8 cm³/mol. The molecule has 0 aliphatic rings. The van der Waals surface area contributed by atoms with E-state index in [0.717, 1.165) is 38.7 Å². The first-order valence-electron chi connectivity index (χ1n) is 6.76. The molecule has 1 atom stereocenters. The van der Waals surface area contributed by atoms with Crippen LogP contribution in [0.25, 0.3) is 11.0 Å². The summed E-state index contributed by atoms with van der Waals surface area (Å²) in [5, 5.41) is 8.04. The fourth-order valence-corrected chi connectivity index (χ4v) is 3.91. The van der Waals surface area contributed by atoms with Gasteiger partial charge in [0, 0.05) is 15.3 Å². The zero-order chi connectivity index (χ0) is 15.0. The van der Waals surface area contributed by atoms with Crippen molar-refractivity contribution in [2.24, 2.45) is 0 Å². The molecule has 0 aliphatic carbocycles. The Hall–Kier alpha value is -1.00. The van der Waals surface area contributed by atoms with Crippen LogP contribution in [0.1, 0.15) is 29.2 Å². The first-order chi connectivity index (χ1) is 10.1. The molecule has 5 heteroatoms. The van der Waals surface area contributed by atoms with E-state index < -0.39 is 0 Å². The van der Waals surface area contributed by atoms with Gasteiger partial charge in [-0.1, -0.05) is 30.1 Å². The number of halogens is 2. The van der Waals surface area contributed by atoms with E-state index in [1.165, 1.54) is 0 Å². The second-order valence-corrected chi connectivity index (χ2v) is 6.64. The number of hydrogen-bond donors (Lipinski definition) is 1. The fraction of sp³-hybridized carbons (Fsp3) is 0.250. The lowest BCUT2D eigenvalue weighted by Gasteiger charge is -2.14. The normalized spacial score (nSPS) is 13.0. The van der Waals surface area contributed by atoms with Crippen LogP contribution in [0.15, 0.2) is 34.1 Å². The summed E-state index contributed by atoms with van der Waals surface area (Å²) in [6, 6.07) is 7.63. The van der Waals surface area contributed by atoms with Crippen molar-refractivity contribution < 1.29 is 4.42 Å². The highest BCUT2D eigenvalue weighted by Crippen LogP contribution is 2.37. The average molecular weight is 340 g/mol. The summed E-state index contributed by atoms with van der Waals surface area (Å²) in [5.74, 6) is 0.859. The topological polar surface area (TPSA) is 25.2 Å². The maximum absolute atomic E-state index is 6.42. The Morgan fingerprint density at radius 1 is 1.29 bits per heavy atom. The van der Waals surface area contributed by atoms with E-state index in [0.29, 0.717) is 5.02 Å². The van der Waals surface area contributed by atoms with Crippen LogP contribution in [0.2, 0.25) is 10.0 Å². The zero-order valence-electron chi connectivity index (χ0n) is 11.7. The molecule has 0 saturated heterocycles. The van der Waals surface area contributed by atoms with Gasteiger partial charge in [0.25, 0.3) is 0 Å². The molecule has 0 bridgehead atoms. The molecule has 0 amide bonds. The fourth-order valence-electron chi connectivity index (χ4n) is 2.35. The number of thiophene rings is 1. The Morgan fingerprint density at radius 2 is 2.10 bits per heavy atom. The van der Waals surface area contributed by atoms with E-state index in [-0.39, 0.29) is 6.04 Å². The molecule has 1 N–H and O–H groups in total. The van der Waals surface area contributed by atoms with E-state index in [4.69, 9.17) is 27.6 Å². The van der Waals surface area contributed by atoms with Crippen LogP contribution in [0.3, 0.4) is 0 Å². The molecule has 110 valence electrons. The third kappa shape index (κ3) is 2.84. The lowest BCUT2D eigenvalue weighted by atomic mass is 10.1. The Bertz CT molecular complexity index is 778. The van der Waals surface area contributed by atoms with Crippen molar-refractivity contribution in [1.29, 1.82) is 0 Å². The van der Waals surface area contributed by atoms with Crippen LogP contribution in [-0.4, -0.2) is 6.54 Å². The monoisotopic (exact) mass is 339 g/mol. The standard InChI is InChI=1S/C16H15Cl2NOS/c1-3-19-15(16-14(18)9(2)8-21-16)13-7-10-6-11(17)4-5-12(10)20-13/h4-8,15,19H,3H2,1-2H3. The van der Waals surface area contributed by atoms with Gasteiger partial charge in [-0.15, -0.1) is 11.3 Å². The number of furan rings is 1. The Labute approximate surface area is 137 Å². The van der Waals surface area contributed by atoms with Crippen LogP contribution < -0.4 is 5.32 Å². The smallest absolute Gasteiger partial charge is 0.134 e. The van der Waals surface area contributed by atoms with Crippen LogP contribution >= 0.6 is 34.5 Å². The highest BCUT2D eigenvalue weighted by Gasteiger charge is 2.22. The van der Waals surface area contributed by atoms with Crippen molar-refractivity contribution in [1.82, 2.24) is 5.32 Å². The maximum Gasteiger partial charge on any atom is 0.134 e. The summed E-state index contributed by atoms with van der Waals surface area (Å²) in [7, 11) is 0.